The van der Waals surface area contributed by atoms with Gasteiger partial charge in [-0.3, -0.25) is 28.8 Å². The lowest BCUT2D eigenvalue weighted by Gasteiger charge is -2.51. The van der Waals surface area contributed by atoms with Gasteiger partial charge in [-0.05, 0) is 0 Å². The van der Waals surface area contributed by atoms with Crippen molar-refractivity contribution in [3.8, 4) is 0 Å². The summed E-state index contributed by atoms with van der Waals surface area (Å²) in [7, 11) is 0. The summed E-state index contributed by atoms with van der Waals surface area (Å²) in [4.78, 5) is 76.4. The predicted molar refractivity (Wildman–Crippen MR) is 432 cm³/mol. The Morgan fingerprint density at radius 1 is 0.171 bits per heavy atom. The number of hydrogen-bond acceptors (Lipinski definition) is 56. The Balaban J connectivity index is 0.762. The third-order valence-corrected chi connectivity index (χ3v) is 25.4. The molecule has 0 saturated carbocycles. The molecule has 0 spiro atoms. The lowest BCUT2D eigenvalue weighted by atomic mass is 9.93. The number of nitrogens with one attached hydrogen (secondary N) is 6. The van der Waals surface area contributed by atoms with E-state index in [1.807, 2.05) is 0 Å². The van der Waals surface area contributed by atoms with Gasteiger partial charge in [0.2, 0.25) is 35.4 Å². The van der Waals surface area contributed by atoms with E-state index in [9.17, 15) is 177 Å². The zero-order chi connectivity index (χ0) is 103. The molecule has 0 aromatic heterocycles. The van der Waals surface area contributed by atoms with E-state index in [0.29, 0.717) is 0 Å². The minimum Gasteiger partial charge on any atom is -0.394 e. The van der Waals surface area contributed by atoms with Crippen LogP contribution in [-0.2, 0) is 128 Å². The van der Waals surface area contributed by atoms with Crippen LogP contribution in [0.5, 0.6) is 0 Å². The van der Waals surface area contributed by atoms with Gasteiger partial charge in [0.05, 0.1) is 72.7 Å². The van der Waals surface area contributed by atoms with E-state index in [-0.39, 0.29) is 0 Å². The maximum absolute atomic E-state index is 13.1. The van der Waals surface area contributed by atoms with Gasteiger partial charge in [-0.25, -0.2) is 0 Å². The maximum Gasteiger partial charge on any atom is 0.217 e. The number of carbonyl (C=O) groups excluding carboxylic acids is 6. The van der Waals surface area contributed by atoms with Crippen molar-refractivity contribution >= 4 is 35.4 Å². The van der Waals surface area contributed by atoms with E-state index in [0.717, 1.165) is 41.5 Å². The van der Waals surface area contributed by atoms with E-state index in [1.165, 1.54) is 0 Å². The Morgan fingerprint density at radius 2 is 0.314 bits per heavy atom. The summed E-state index contributed by atoms with van der Waals surface area (Å²) in [5.41, 5.74) is 0. The zero-order valence-electron chi connectivity index (χ0n) is 75.5. The van der Waals surface area contributed by atoms with E-state index >= 15 is 0 Å². The number of ether oxygens (including phenoxy) is 21. The van der Waals surface area contributed by atoms with Gasteiger partial charge in [0, 0.05) is 41.5 Å². The van der Waals surface area contributed by atoms with Gasteiger partial charge in [-0.1, -0.05) is 0 Å². The normalized spacial score (nSPS) is 48.1. The molecular formula is C78H130N6O56. The minimum atomic E-state index is -2.44. The monoisotopic (exact) mass is 2050 g/mol. The van der Waals surface area contributed by atoms with Crippen LogP contribution < -0.4 is 31.9 Å². The molecule has 55 atom stereocenters. The molecule has 808 valence electrons. The molecule has 0 bridgehead atoms. The highest BCUT2D eigenvalue weighted by molar-refractivity contribution is 5.75. The second-order valence-electron chi connectivity index (χ2n) is 35.2. The van der Waals surface area contributed by atoms with Crippen LogP contribution in [0.4, 0.5) is 0 Å². The van der Waals surface area contributed by atoms with Crippen LogP contribution in [0, 0.1) is 0 Å². The molecule has 140 heavy (non-hydrogen) atoms. The molecule has 11 fully saturated rings. The summed E-state index contributed by atoms with van der Waals surface area (Å²) in [6.07, 6.45) is -101. The number of rotatable bonds is 37. The zero-order valence-corrected chi connectivity index (χ0v) is 75.5. The average molecular weight is 2050 g/mol. The topological polar surface area (TPSA) is 955 Å². The molecule has 0 aromatic carbocycles. The van der Waals surface area contributed by atoms with E-state index in [4.69, 9.17) is 99.5 Å². The molecular weight excluding hydrogens is 1920 g/mol. The largest absolute Gasteiger partial charge is 0.394 e. The lowest BCUT2D eigenvalue weighted by molar-refractivity contribution is -0.391. The third kappa shape index (κ3) is 25.5. The number of hydrogen-bond donors (Lipinski definition) is 35. The fourth-order valence-corrected chi connectivity index (χ4v) is 18.4. The van der Waals surface area contributed by atoms with Gasteiger partial charge in [0.25, 0.3) is 0 Å². The second-order valence-corrected chi connectivity index (χ2v) is 35.2. The first-order chi connectivity index (χ1) is 66.3. The van der Waals surface area contributed by atoms with Crippen molar-refractivity contribution in [3.05, 3.63) is 0 Å². The number of carbonyl (C=O) groups is 6. The highest BCUT2D eigenvalue weighted by Crippen LogP contribution is 2.42. The quantitative estimate of drug-likeness (QED) is 0.0275. The highest BCUT2D eigenvalue weighted by Gasteiger charge is 2.64. The molecule has 6 amide bonds. The molecule has 11 aliphatic heterocycles. The molecule has 0 unspecified atom stereocenters. The Labute approximate surface area is 792 Å². The molecule has 11 aliphatic rings. The molecule has 62 heteroatoms. The molecule has 62 nitrogen and oxygen atoms in total. The Kier molecular flexibility index (Phi) is 41.7. The smallest absolute Gasteiger partial charge is 0.217 e. The van der Waals surface area contributed by atoms with Crippen LogP contribution in [0.1, 0.15) is 41.5 Å². The van der Waals surface area contributed by atoms with Crippen LogP contribution in [0.3, 0.4) is 0 Å². The fourth-order valence-electron chi connectivity index (χ4n) is 18.4. The van der Waals surface area contributed by atoms with Crippen LogP contribution in [0.25, 0.3) is 0 Å². The summed E-state index contributed by atoms with van der Waals surface area (Å²) in [5.74, 6) is -5.45. The number of aliphatic hydroxyl groups is 29. The van der Waals surface area contributed by atoms with Gasteiger partial charge < -0.3 is 279 Å². The SMILES string of the molecule is CC(=O)N[C@@H]1[C@@H](O)[C@H](O[C@@H]2O[C@H](CO)[C@H](O)[C@H](O[C@@H]3O[C@H](CO)[C@@H](O[C@@H]4O[C@H](CO)[C@H](O)[C@H](O[C@@H]5O[C@H](CO)[C@@H](O[C@@H]6O[C@H](CO)[C@H](O)[C@H](O[C@@H]7O[C@H](CO)[C@@H](O[C@@H]8O[C@H](CO)[C@H](O)[C@H](O[C@@H]9O[C@H](CO)[C@@H](O[C@@H]%10O[C@H](CO)[C@H](O)[C@H](O[C@@H]%11O[C@H](CO)[C@@H](O)[C@H](O)[C@H]%11NC(C)=O)[C@H]%10O)[C@H](O)[C@H]9NC(C)=O)[C@H]8O)[C@H](O)[C@H]7NC(C)=O)[C@H]6O)[C@H](O)[C@H]5NC(C)=O)[C@H]4O)[C@H](O)[C@H]3NC(C)=O)[C@H]2O)[C@@H](CO)O[C@H]1O. The molecule has 11 saturated heterocycles. The first-order valence-corrected chi connectivity index (χ1v) is 44.6. The van der Waals surface area contributed by atoms with Crippen LogP contribution >= 0.6 is 0 Å². The predicted octanol–water partition coefficient (Wildman–Crippen LogP) is -24.1. The molecule has 11 heterocycles. The Morgan fingerprint density at radius 3 is 0.500 bits per heavy atom. The Hall–Kier alpha value is -5.18. The molecule has 35 N–H and O–H groups in total. The van der Waals surface area contributed by atoms with Crippen LogP contribution in [0.15, 0.2) is 0 Å². The lowest BCUT2D eigenvalue weighted by Crippen LogP contribution is -2.71. The summed E-state index contributed by atoms with van der Waals surface area (Å²) in [5, 5.41) is 341. The van der Waals surface area contributed by atoms with Crippen molar-refractivity contribution < 1.29 is 276 Å². The molecule has 0 aliphatic carbocycles. The van der Waals surface area contributed by atoms with Crippen LogP contribution in [-0.4, -0.2) is 594 Å². The standard InChI is InChI=1S/C78H130N6O56/c1-18(96)79-35-48(109)58(30(13-91)120-68(35)119)131-74-54(115)64(43(104)26(9-87)122-74)137-70-37(81-20(3)98)50(111)60(32(15-93)127-70)133-76-56(117)66(45(106)28(11-89)124-76)139-72-39(83-22(5)100)52(113)62(34(17-95)129-72)135-78-57(118)67(46(107)29(12-90)126-78)140-73-40(84-23(6)101)51(112)61(33(16-94)130-73)134-77-55(116)65(44(105)27(10-88)125-77)138-71-38(82-21(4)99)49(110)59(31(14-92)128-71)132-75-53(114)63(42(103)25(8-86)123-75)136-69-36(80-19(2)97)47(108)41(102)24(7-85)121-69/h24-78,85-95,102-119H,7-17H2,1-6H3,(H,79,96)(H,80,97)(H,81,98)(H,82,99)(H,83,100)(H,84,101)/t24-,25-,26-,27-,28-,29-,30-,31-,32-,33-,34-,35-,36-,37-,38-,39-,40-,41-,42+,43+,44+,45+,46+,47-,48-,49-,50-,51-,52-,53-,54-,55-,56-,57-,58-,59-,60-,61-,62-,63+,64+,65+,66+,67+,68-,69+,70+,71+,72+,73+,74+,75+,76+,77+,78+/m1/s1. The van der Waals surface area contributed by atoms with Crippen molar-refractivity contribution in [1.82, 2.24) is 31.9 Å². The third-order valence-electron chi connectivity index (χ3n) is 25.4. The van der Waals surface area contributed by atoms with E-state index in [2.05, 4.69) is 31.9 Å². The van der Waals surface area contributed by atoms with E-state index in [1.54, 1.807) is 0 Å². The summed E-state index contributed by atoms with van der Waals surface area (Å²) in [6.45, 7) is -6.56. The van der Waals surface area contributed by atoms with Crippen molar-refractivity contribution in [2.75, 3.05) is 72.7 Å². The van der Waals surface area contributed by atoms with Gasteiger partial charge in [-0.15, -0.1) is 0 Å². The van der Waals surface area contributed by atoms with Crippen LogP contribution in [0.2, 0.25) is 0 Å². The summed E-state index contributed by atoms with van der Waals surface area (Å²) < 4.78 is 124. The fraction of sp³-hybridized carbons (Fsp3) is 0.923. The maximum atomic E-state index is 13.1. The van der Waals surface area contributed by atoms with Gasteiger partial charge in [0.15, 0.2) is 69.2 Å². The van der Waals surface area contributed by atoms with Gasteiger partial charge >= 0.3 is 0 Å². The van der Waals surface area contributed by atoms with Crippen molar-refractivity contribution in [1.29, 1.82) is 0 Å². The van der Waals surface area contributed by atoms with Gasteiger partial charge in [-0.2, -0.15) is 0 Å². The first-order valence-electron chi connectivity index (χ1n) is 44.6. The first kappa shape index (κ1) is 115. The van der Waals surface area contributed by atoms with Crippen molar-refractivity contribution in [2.45, 2.75) is 379 Å². The molecule has 0 aromatic rings. The second kappa shape index (κ2) is 50.7. The summed E-state index contributed by atoms with van der Waals surface area (Å²) in [6, 6.07) is -11.2. The van der Waals surface area contributed by atoms with Gasteiger partial charge in [0.1, 0.15) is 268 Å². The molecule has 11 rings (SSSR count). The van der Waals surface area contributed by atoms with Crippen molar-refractivity contribution in [2.24, 2.45) is 0 Å². The minimum absolute atomic E-state index is 0.761. The summed E-state index contributed by atoms with van der Waals surface area (Å²) >= 11 is 0. The highest BCUT2D eigenvalue weighted by atomic mass is 16.8. The molecule has 0 radical (unpaired) electrons. The average Bonchev–Trinajstić information content (AvgIpc) is 0.767. The number of aliphatic hydroxyl groups excluding tert-OH is 29. The van der Waals surface area contributed by atoms with Crippen molar-refractivity contribution in [3.63, 3.8) is 0 Å². The number of amides is 6. The Bertz CT molecular complexity index is 3870. The van der Waals surface area contributed by atoms with E-state index < -0.39 is 446 Å².